The number of phenols is 1. The van der Waals surface area contributed by atoms with E-state index in [1.54, 1.807) is 35.9 Å². The molecule has 0 bridgehead atoms. The molecular formula is C18H22N2O4. The second-order valence-electron chi connectivity index (χ2n) is 6.35. The molecule has 1 N–H and O–H groups in total. The van der Waals surface area contributed by atoms with E-state index in [0.29, 0.717) is 17.9 Å². The Balaban J connectivity index is 2.12. The molecule has 24 heavy (non-hydrogen) atoms. The normalized spacial score (nSPS) is 19.4. The van der Waals surface area contributed by atoms with Gasteiger partial charge in [-0.3, -0.25) is 4.68 Å². The summed E-state index contributed by atoms with van der Waals surface area (Å²) >= 11 is 0. The molecule has 128 valence electrons. The summed E-state index contributed by atoms with van der Waals surface area (Å²) in [6, 6.07) is 8.66. The van der Waals surface area contributed by atoms with Gasteiger partial charge >= 0.3 is 5.97 Å². The third kappa shape index (κ3) is 2.89. The summed E-state index contributed by atoms with van der Waals surface area (Å²) < 4.78 is 12.7. The second kappa shape index (κ2) is 6.28. The first-order valence-corrected chi connectivity index (χ1v) is 8.13. The first kappa shape index (κ1) is 16.5. The minimum absolute atomic E-state index is 0.0321. The summed E-state index contributed by atoms with van der Waals surface area (Å²) in [6.45, 7) is 6.69. The molecule has 0 aliphatic carbocycles. The molecule has 2 aromatic rings. The van der Waals surface area contributed by atoms with Gasteiger partial charge in [0.1, 0.15) is 5.75 Å². The van der Waals surface area contributed by atoms with Crippen LogP contribution in [0.15, 0.2) is 30.3 Å². The predicted octanol–water partition coefficient (Wildman–Crippen LogP) is 3.17. The number of carbonyl (C=O) groups excluding carboxylic acids is 1. The van der Waals surface area contributed by atoms with Crippen molar-refractivity contribution in [2.45, 2.75) is 38.8 Å². The molecule has 1 fully saturated rings. The topological polar surface area (TPSA) is 73.6 Å². The highest BCUT2D eigenvalue weighted by Crippen LogP contribution is 2.39. The minimum Gasteiger partial charge on any atom is -0.507 e. The van der Waals surface area contributed by atoms with E-state index in [-0.39, 0.29) is 24.1 Å². The first-order valence-electron chi connectivity index (χ1n) is 8.13. The van der Waals surface area contributed by atoms with Crippen LogP contribution in [0.5, 0.6) is 5.75 Å². The van der Waals surface area contributed by atoms with Crippen LogP contribution in [0.25, 0.3) is 11.3 Å². The number of esters is 1. The van der Waals surface area contributed by atoms with Crippen LogP contribution in [-0.4, -0.2) is 39.7 Å². The fourth-order valence-electron chi connectivity index (χ4n) is 3.12. The maximum absolute atomic E-state index is 12.1. The van der Waals surface area contributed by atoms with Gasteiger partial charge in [0.2, 0.25) is 0 Å². The number of phenolic OH excluding ortho intramolecular Hbond substituents is 1. The first-order chi connectivity index (χ1) is 11.4. The van der Waals surface area contributed by atoms with Crippen LogP contribution in [-0.2, 0) is 9.47 Å². The van der Waals surface area contributed by atoms with Crippen molar-refractivity contribution in [2.24, 2.45) is 0 Å². The van der Waals surface area contributed by atoms with E-state index in [2.05, 4.69) is 5.10 Å². The summed E-state index contributed by atoms with van der Waals surface area (Å²) in [6.07, 6.45) is 0.789. The molecule has 1 aromatic heterocycles. The molecule has 0 spiro atoms. The quantitative estimate of drug-likeness (QED) is 0.872. The van der Waals surface area contributed by atoms with Gasteiger partial charge in [-0.05, 0) is 45.4 Å². The molecule has 0 saturated carbocycles. The van der Waals surface area contributed by atoms with Gasteiger partial charge < -0.3 is 14.6 Å². The lowest BCUT2D eigenvalue weighted by Gasteiger charge is -2.27. The van der Waals surface area contributed by atoms with Crippen molar-refractivity contribution in [3.63, 3.8) is 0 Å². The molecule has 6 heteroatoms. The van der Waals surface area contributed by atoms with Crippen LogP contribution < -0.4 is 0 Å². The average molecular weight is 330 g/mol. The van der Waals surface area contributed by atoms with Gasteiger partial charge in [-0.2, -0.15) is 5.10 Å². The van der Waals surface area contributed by atoms with E-state index in [1.165, 1.54) is 0 Å². The Morgan fingerprint density at radius 3 is 2.83 bits per heavy atom. The van der Waals surface area contributed by atoms with Crippen molar-refractivity contribution in [3.05, 3.63) is 36.0 Å². The Bertz CT molecular complexity index is 751. The van der Waals surface area contributed by atoms with Crippen LogP contribution >= 0.6 is 0 Å². The fraction of sp³-hybridized carbons (Fsp3) is 0.444. The van der Waals surface area contributed by atoms with Crippen LogP contribution in [0, 0.1) is 0 Å². The zero-order valence-corrected chi connectivity index (χ0v) is 14.2. The van der Waals surface area contributed by atoms with Crippen LogP contribution in [0.3, 0.4) is 0 Å². The van der Waals surface area contributed by atoms with Crippen molar-refractivity contribution in [1.29, 1.82) is 0 Å². The van der Waals surface area contributed by atoms with Crippen molar-refractivity contribution in [1.82, 2.24) is 9.78 Å². The van der Waals surface area contributed by atoms with Gasteiger partial charge in [0, 0.05) is 12.2 Å². The third-order valence-electron chi connectivity index (χ3n) is 4.36. The summed E-state index contributed by atoms with van der Waals surface area (Å²) in [5, 5.41) is 14.7. The Hall–Kier alpha value is -2.34. The largest absolute Gasteiger partial charge is 0.507 e. The molecule has 1 aromatic carbocycles. The molecule has 0 radical (unpaired) electrons. The van der Waals surface area contributed by atoms with Crippen LogP contribution in [0.4, 0.5) is 0 Å². The lowest BCUT2D eigenvalue weighted by Crippen LogP contribution is -2.31. The number of aromatic nitrogens is 2. The van der Waals surface area contributed by atoms with E-state index in [0.717, 1.165) is 6.42 Å². The number of nitrogens with zero attached hydrogens (tertiary/aromatic N) is 2. The Kier molecular flexibility index (Phi) is 4.32. The molecule has 1 saturated heterocycles. The number of carbonyl (C=O) groups is 1. The number of para-hydroxylation sites is 1. The van der Waals surface area contributed by atoms with E-state index in [4.69, 9.17) is 9.47 Å². The Labute approximate surface area is 141 Å². The lowest BCUT2D eigenvalue weighted by atomic mass is 9.98. The molecular weight excluding hydrogens is 308 g/mol. The highest BCUT2D eigenvalue weighted by atomic mass is 16.5. The summed E-state index contributed by atoms with van der Waals surface area (Å²) in [5.74, 6) is -0.324. The van der Waals surface area contributed by atoms with Crippen molar-refractivity contribution in [3.8, 4) is 17.0 Å². The van der Waals surface area contributed by atoms with E-state index in [1.807, 2.05) is 19.9 Å². The molecule has 1 aliphatic rings. The smallest absolute Gasteiger partial charge is 0.358 e. The lowest BCUT2D eigenvalue weighted by molar-refractivity contribution is 0.0119. The number of aromatic hydroxyl groups is 1. The van der Waals surface area contributed by atoms with Gasteiger partial charge in [-0.1, -0.05) is 12.1 Å². The maximum Gasteiger partial charge on any atom is 0.358 e. The monoisotopic (exact) mass is 330 g/mol. The molecule has 6 nitrogen and oxygen atoms in total. The molecule has 1 aliphatic heterocycles. The van der Waals surface area contributed by atoms with E-state index in [9.17, 15) is 9.90 Å². The zero-order chi connectivity index (χ0) is 17.3. The fourth-order valence-corrected chi connectivity index (χ4v) is 3.12. The highest BCUT2D eigenvalue weighted by molar-refractivity contribution is 5.89. The van der Waals surface area contributed by atoms with Gasteiger partial charge in [0.25, 0.3) is 0 Å². The van der Waals surface area contributed by atoms with Gasteiger partial charge in [0.15, 0.2) is 5.69 Å². The summed E-state index contributed by atoms with van der Waals surface area (Å²) in [4.78, 5) is 12.1. The van der Waals surface area contributed by atoms with E-state index >= 15 is 0 Å². The Morgan fingerprint density at radius 1 is 1.46 bits per heavy atom. The average Bonchev–Trinajstić information content (AvgIpc) is 3.11. The number of benzene rings is 1. The van der Waals surface area contributed by atoms with Gasteiger partial charge in [0.05, 0.1) is 23.9 Å². The molecule has 2 heterocycles. The molecule has 0 amide bonds. The number of hydrogen-bond acceptors (Lipinski definition) is 5. The van der Waals surface area contributed by atoms with Crippen molar-refractivity contribution in [2.75, 3.05) is 13.2 Å². The number of hydrogen-bond donors (Lipinski definition) is 1. The van der Waals surface area contributed by atoms with E-state index < -0.39 is 11.6 Å². The molecule has 3 rings (SSSR count). The summed E-state index contributed by atoms with van der Waals surface area (Å²) in [7, 11) is 0. The predicted molar refractivity (Wildman–Crippen MR) is 89.0 cm³/mol. The molecule has 1 unspecified atom stereocenters. The maximum atomic E-state index is 12.1. The van der Waals surface area contributed by atoms with Gasteiger partial charge in [-0.15, -0.1) is 0 Å². The van der Waals surface area contributed by atoms with Crippen LogP contribution in [0.2, 0.25) is 0 Å². The number of rotatable bonds is 4. The second-order valence-corrected chi connectivity index (χ2v) is 6.35. The summed E-state index contributed by atoms with van der Waals surface area (Å²) in [5.41, 5.74) is 1.14. The van der Waals surface area contributed by atoms with Crippen molar-refractivity contribution >= 4 is 5.97 Å². The van der Waals surface area contributed by atoms with Gasteiger partial charge in [-0.25, -0.2) is 4.79 Å². The zero-order valence-electron chi connectivity index (χ0n) is 14.2. The van der Waals surface area contributed by atoms with Crippen LogP contribution in [0.1, 0.15) is 43.7 Å². The number of ether oxygens (including phenoxy) is 2. The third-order valence-corrected chi connectivity index (χ3v) is 4.36. The van der Waals surface area contributed by atoms with Crippen molar-refractivity contribution < 1.29 is 19.4 Å². The highest BCUT2D eigenvalue weighted by Gasteiger charge is 2.39. The minimum atomic E-state index is -0.468. The SMILES string of the molecule is CCOC(=O)c1cc(-c2ccccc2O)n(C2CCOC2(C)C)n1. The molecule has 1 atom stereocenters. The standard InChI is InChI=1S/C18H22N2O4/c1-4-23-17(22)13-11-14(12-7-5-6-8-15(12)21)20(19-13)16-9-10-24-18(16,2)3/h5-8,11,16,21H,4,9-10H2,1-3H3. The Morgan fingerprint density at radius 2 is 2.21 bits per heavy atom.